The molecule has 0 aliphatic carbocycles. The Balaban J connectivity index is 1.56. The highest BCUT2D eigenvalue weighted by Gasteiger charge is 2.30. The van der Waals surface area contributed by atoms with E-state index >= 15 is 0 Å². The minimum atomic E-state index is -3.38. The molecule has 1 N–H and O–H groups in total. The molecule has 1 aliphatic heterocycles. The van der Waals surface area contributed by atoms with E-state index in [4.69, 9.17) is 9.72 Å². The van der Waals surface area contributed by atoms with Crippen LogP contribution >= 0.6 is 0 Å². The molecule has 0 saturated carbocycles. The second-order valence-electron chi connectivity index (χ2n) is 11.0. The van der Waals surface area contributed by atoms with Gasteiger partial charge in [-0.1, -0.05) is 6.07 Å². The summed E-state index contributed by atoms with van der Waals surface area (Å²) in [6, 6.07) is 8.58. The van der Waals surface area contributed by atoms with Gasteiger partial charge in [-0.3, -0.25) is 4.68 Å². The van der Waals surface area contributed by atoms with Crippen molar-refractivity contribution in [2.45, 2.75) is 50.0 Å². The minimum Gasteiger partial charge on any atom is -0.444 e. The molecule has 1 atom stereocenters. The number of carbonyl (C=O) groups excluding carboxylic acids is 1. The highest BCUT2D eigenvalue weighted by molar-refractivity contribution is 7.90. The molecule has 1 aromatic carbocycles. The molecule has 0 radical (unpaired) electrons. The Labute approximate surface area is 227 Å². The monoisotopic (exact) mass is 551 g/mol. The van der Waals surface area contributed by atoms with E-state index in [0.717, 1.165) is 29.7 Å². The van der Waals surface area contributed by atoms with Gasteiger partial charge >= 0.3 is 6.09 Å². The number of carbonyl (C=O) groups is 1. The van der Waals surface area contributed by atoms with Crippen molar-refractivity contribution in [3.63, 3.8) is 0 Å². The maximum Gasteiger partial charge on any atom is 0.410 e. The summed E-state index contributed by atoms with van der Waals surface area (Å²) in [6.07, 6.45) is 7.95. The Hall–Kier alpha value is -3.93. The van der Waals surface area contributed by atoms with Crippen LogP contribution in [-0.2, 0) is 21.6 Å². The van der Waals surface area contributed by atoms with Gasteiger partial charge in [-0.15, -0.1) is 0 Å². The largest absolute Gasteiger partial charge is 0.444 e. The summed E-state index contributed by atoms with van der Waals surface area (Å²) in [5.41, 5.74) is 3.17. The second-order valence-corrected chi connectivity index (χ2v) is 13.0. The quantitative estimate of drug-likeness (QED) is 0.387. The van der Waals surface area contributed by atoms with Gasteiger partial charge in [-0.05, 0) is 51.8 Å². The van der Waals surface area contributed by atoms with Crippen LogP contribution in [0.2, 0.25) is 0 Å². The number of rotatable bonds is 5. The molecule has 39 heavy (non-hydrogen) atoms. The number of nitrogens with one attached hydrogen (secondary N) is 1. The first-order valence-electron chi connectivity index (χ1n) is 12.8. The summed E-state index contributed by atoms with van der Waals surface area (Å²) in [5.74, 6) is 0.612. The van der Waals surface area contributed by atoms with Gasteiger partial charge in [0.1, 0.15) is 11.4 Å². The number of aryl methyl sites for hydroxylation is 1. The van der Waals surface area contributed by atoms with E-state index in [0.29, 0.717) is 30.2 Å². The summed E-state index contributed by atoms with van der Waals surface area (Å²) in [4.78, 5) is 19.8. The van der Waals surface area contributed by atoms with Crippen LogP contribution in [0.5, 0.6) is 0 Å². The third-order valence-corrected chi connectivity index (χ3v) is 7.64. The van der Waals surface area contributed by atoms with Crippen LogP contribution in [0.3, 0.4) is 0 Å². The highest BCUT2D eigenvalue weighted by Crippen LogP contribution is 2.33. The molecule has 1 fully saturated rings. The number of piperidine rings is 1. The molecule has 12 heteroatoms. The number of benzene rings is 1. The molecule has 11 nitrogen and oxygen atoms in total. The number of hydrogen-bond acceptors (Lipinski definition) is 8. The van der Waals surface area contributed by atoms with Crippen LogP contribution < -0.4 is 5.32 Å². The fraction of sp³-hybridized carbons (Fsp3) is 0.407. The number of likely N-dealkylation sites (tertiary alicyclic amines) is 1. The first kappa shape index (κ1) is 26.7. The van der Waals surface area contributed by atoms with Gasteiger partial charge in [-0.25, -0.2) is 18.2 Å². The highest BCUT2D eigenvalue weighted by atomic mass is 32.2. The number of aromatic nitrogens is 5. The van der Waals surface area contributed by atoms with E-state index in [1.165, 1.54) is 6.26 Å². The van der Waals surface area contributed by atoms with Crippen molar-refractivity contribution in [2.24, 2.45) is 7.05 Å². The number of sulfone groups is 1. The lowest BCUT2D eigenvalue weighted by molar-refractivity contribution is 0.0197. The predicted octanol–water partition coefficient (Wildman–Crippen LogP) is 4.39. The molecule has 1 aliphatic rings. The topological polar surface area (TPSA) is 124 Å². The maximum atomic E-state index is 12.8. The Morgan fingerprint density at radius 2 is 1.95 bits per heavy atom. The number of hydrogen-bond donors (Lipinski definition) is 1. The zero-order valence-electron chi connectivity index (χ0n) is 22.7. The fourth-order valence-electron chi connectivity index (χ4n) is 4.71. The van der Waals surface area contributed by atoms with E-state index in [-0.39, 0.29) is 16.9 Å². The number of anilines is 2. The average molecular weight is 552 g/mol. The molecule has 3 aromatic heterocycles. The van der Waals surface area contributed by atoms with E-state index in [1.807, 2.05) is 40.1 Å². The van der Waals surface area contributed by atoms with Crippen molar-refractivity contribution in [3.8, 4) is 11.1 Å². The maximum absolute atomic E-state index is 12.8. The van der Waals surface area contributed by atoms with Gasteiger partial charge in [-0.2, -0.15) is 14.7 Å². The smallest absolute Gasteiger partial charge is 0.410 e. The summed E-state index contributed by atoms with van der Waals surface area (Å²) < 4.78 is 33.3. The summed E-state index contributed by atoms with van der Waals surface area (Å²) in [6.45, 7) is 6.69. The predicted molar refractivity (Wildman–Crippen MR) is 148 cm³/mol. The number of nitrogens with zero attached hydrogens (tertiary/aromatic N) is 6. The van der Waals surface area contributed by atoms with Crippen molar-refractivity contribution in [1.29, 1.82) is 0 Å². The van der Waals surface area contributed by atoms with E-state index in [2.05, 4.69) is 15.5 Å². The molecule has 1 unspecified atom stereocenters. The molecule has 0 bridgehead atoms. The lowest BCUT2D eigenvalue weighted by Gasteiger charge is -2.34. The molecular weight excluding hydrogens is 518 g/mol. The zero-order chi connectivity index (χ0) is 27.9. The molecule has 4 aromatic rings. The third kappa shape index (κ3) is 5.90. The van der Waals surface area contributed by atoms with Gasteiger partial charge in [0.2, 0.25) is 0 Å². The lowest BCUT2D eigenvalue weighted by atomic mass is 9.94. The molecule has 1 saturated heterocycles. The van der Waals surface area contributed by atoms with Gasteiger partial charge < -0.3 is 15.0 Å². The lowest BCUT2D eigenvalue weighted by Crippen LogP contribution is -2.42. The molecule has 4 heterocycles. The van der Waals surface area contributed by atoms with Crippen LogP contribution in [0.15, 0.2) is 53.8 Å². The molecular formula is C27H33N7O4S. The molecule has 0 spiro atoms. The second kappa shape index (κ2) is 9.99. The van der Waals surface area contributed by atoms with Crippen LogP contribution in [0, 0.1) is 0 Å². The first-order valence-corrected chi connectivity index (χ1v) is 14.7. The van der Waals surface area contributed by atoms with Gasteiger partial charge in [0.05, 0.1) is 23.0 Å². The van der Waals surface area contributed by atoms with Crippen molar-refractivity contribution in [1.82, 2.24) is 29.3 Å². The van der Waals surface area contributed by atoms with Crippen molar-refractivity contribution >= 4 is 33.1 Å². The number of amides is 1. The minimum absolute atomic E-state index is 0.0178. The average Bonchev–Trinajstić information content (AvgIpc) is 3.49. The summed E-state index contributed by atoms with van der Waals surface area (Å²) in [7, 11) is -1.53. The molecule has 206 valence electrons. The van der Waals surface area contributed by atoms with Crippen LogP contribution in [0.1, 0.15) is 45.2 Å². The Bertz CT molecular complexity index is 1640. The van der Waals surface area contributed by atoms with E-state index in [1.54, 1.807) is 50.8 Å². The summed E-state index contributed by atoms with van der Waals surface area (Å²) >= 11 is 0. The Kier molecular flexibility index (Phi) is 6.83. The van der Waals surface area contributed by atoms with Gasteiger partial charge in [0, 0.05) is 61.4 Å². The number of ether oxygens (including phenoxy) is 1. The SMILES string of the molecule is Cn1cc(-c2cnn3c(Nc4cccc(S(C)(=O)=O)c4)cc(C4CCCN(C(=O)OC(C)(C)C)C4)nc23)cn1. The summed E-state index contributed by atoms with van der Waals surface area (Å²) in [5, 5.41) is 12.2. The Morgan fingerprint density at radius 3 is 2.64 bits per heavy atom. The number of fused-ring (bicyclic) bond motifs is 1. The zero-order valence-corrected chi connectivity index (χ0v) is 23.6. The molecule has 1 amide bonds. The van der Waals surface area contributed by atoms with Crippen molar-refractivity contribution in [3.05, 3.63) is 54.6 Å². The van der Waals surface area contributed by atoms with E-state index in [9.17, 15) is 13.2 Å². The van der Waals surface area contributed by atoms with Crippen LogP contribution in [0.25, 0.3) is 16.8 Å². The third-order valence-electron chi connectivity index (χ3n) is 6.53. The van der Waals surface area contributed by atoms with Crippen molar-refractivity contribution < 1.29 is 17.9 Å². The fourth-order valence-corrected chi connectivity index (χ4v) is 5.37. The standard InChI is InChI=1S/C27H33N7O4S/c1-27(2,3)38-26(35)33-11-7-8-18(17-33)23-13-24(30-20-9-6-10-21(12-20)39(5,36)37)34-25(31-23)22(15-29-34)19-14-28-32(4)16-19/h6,9-10,12-16,18,30H,7-8,11,17H2,1-5H3. The van der Waals surface area contributed by atoms with Crippen molar-refractivity contribution in [2.75, 3.05) is 24.7 Å². The van der Waals surface area contributed by atoms with Gasteiger partial charge in [0.25, 0.3) is 0 Å². The Morgan fingerprint density at radius 1 is 1.15 bits per heavy atom. The normalized spacial score (nSPS) is 16.4. The van der Waals surface area contributed by atoms with Gasteiger partial charge in [0.15, 0.2) is 15.5 Å². The molecule has 5 rings (SSSR count). The van der Waals surface area contributed by atoms with Crippen LogP contribution in [-0.4, -0.2) is 68.7 Å². The first-order chi connectivity index (χ1) is 18.4. The van der Waals surface area contributed by atoms with E-state index < -0.39 is 15.4 Å². The van der Waals surface area contributed by atoms with Crippen LogP contribution in [0.4, 0.5) is 16.3 Å².